The molecule has 72 valence electrons. The Balaban J connectivity index is 0.00000169. The van der Waals surface area contributed by atoms with Crippen LogP contribution >= 0.6 is 11.6 Å². The molecule has 1 aromatic carbocycles. The minimum atomic E-state index is -5.00. The second kappa shape index (κ2) is 5.37. The molecule has 14 heavy (non-hydrogen) atoms. The van der Waals surface area contributed by atoms with Crippen LogP contribution in [0.2, 0.25) is 5.02 Å². The van der Waals surface area contributed by atoms with Crippen molar-refractivity contribution < 1.29 is 64.3 Å². The maximum Gasteiger partial charge on any atom is 1.00 e. The van der Waals surface area contributed by atoms with E-state index >= 15 is 0 Å². The van der Waals surface area contributed by atoms with Gasteiger partial charge in [0.15, 0.2) is 0 Å². The largest absolute Gasteiger partial charge is 1.00 e. The fourth-order valence-electron chi connectivity index (χ4n) is 1.34. The summed E-state index contributed by atoms with van der Waals surface area (Å²) in [5.41, 5.74) is 0.260. The molecule has 1 rings (SSSR count). The quantitative estimate of drug-likeness (QED) is 0.613. The van der Waals surface area contributed by atoms with Gasteiger partial charge in [0.25, 0.3) is 0 Å². The van der Waals surface area contributed by atoms with Crippen molar-refractivity contribution in [2.75, 3.05) is 0 Å². The van der Waals surface area contributed by atoms with Crippen LogP contribution in [-0.4, -0.2) is 6.98 Å². The van der Waals surface area contributed by atoms with Crippen LogP contribution in [-0.2, 0) is 0 Å². The van der Waals surface area contributed by atoms with Gasteiger partial charge in [-0.1, -0.05) is 28.7 Å². The third-order valence-corrected chi connectivity index (χ3v) is 2.12. The van der Waals surface area contributed by atoms with E-state index in [1.807, 2.05) is 0 Å². The zero-order valence-corrected chi connectivity index (χ0v) is 12.1. The van der Waals surface area contributed by atoms with Crippen LogP contribution in [0.1, 0.15) is 11.1 Å². The summed E-state index contributed by atoms with van der Waals surface area (Å²) in [7, 11) is 0. The van der Waals surface area contributed by atoms with Crippen molar-refractivity contribution in [2.24, 2.45) is 0 Å². The molecule has 0 saturated heterocycles. The molecular formula is C8H8BClF3K. The first-order valence-corrected chi connectivity index (χ1v) is 4.16. The van der Waals surface area contributed by atoms with Gasteiger partial charge in [0.1, 0.15) is 0 Å². The second-order valence-corrected chi connectivity index (χ2v) is 3.46. The third kappa shape index (κ3) is 3.54. The Bertz CT molecular complexity index is 315. The molecule has 0 unspecified atom stereocenters. The monoisotopic (exact) mass is 246 g/mol. The number of hydrogen-bond acceptors (Lipinski definition) is 0. The minimum absolute atomic E-state index is 0. The molecule has 0 amide bonds. The van der Waals surface area contributed by atoms with E-state index in [4.69, 9.17) is 11.6 Å². The molecule has 0 heterocycles. The fourth-order valence-corrected chi connectivity index (χ4v) is 1.79. The Morgan fingerprint density at radius 3 is 2.00 bits per heavy atom. The summed E-state index contributed by atoms with van der Waals surface area (Å²) in [5.74, 6) is 0. The van der Waals surface area contributed by atoms with E-state index in [0.29, 0.717) is 0 Å². The van der Waals surface area contributed by atoms with Gasteiger partial charge >= 0.3 is 58.4 Å². The Morgan fingerprint density at radius 1 is 1.14 bits per heavy atom. The summed E-state index contributed by atoms with van der Waals surface area (Å²) < 4.78 is 37.3. The van der Waals surface area contributed by atoms with Crippen molar-refractivity contribution in [2.45, 2.75) is 13.8 Å². The topological polar surface area (TPSA) is 0 Å². The molecule has 0 radical (unpaired) electrons. The number of halogens is 4. The van der Waals surface area contributed by atoms with E-state index in [1.54, 1.807) is 6.92 Å². The zero-order chi connectivity index (χ0) is 10.2. The Kier molecular flexibility index (Phi) is 5.75. The molecule has 0 N–H and O–H groups in total. The minimum Gasteiger partial charge on any atom is -0.445 e. The Morgan fingerprint density at radius 2 is 1.64 bits per heavy atom. The van der Waals surface area contributed by atoms with Gasteiger partial charge in [0.05, 0.1) is 0 Å². The van der Waals surface area contributed by atoms with E-state index in [-0.39, 0.29) is 62.0 Å². The van der Waals surface area contributed by atoms with Crippen LogP contribution in [0.25, 0.3) is 0 Å². The van der Waals surface area contributed by atoms with Gasteiger partial charge in [0, 0.05) is 5.02 Å². The molecule has 0 bridgehead atoms. The van der Waals surface area contributed by atoms with E-state index in [9.17, 15) is 12.9 Å². The maximum absolute atomic E-state index is 12.4. The van der Waals surface area contributed by atoms with Crippen molar-refractivity contribution in [1.82, 2.24) is 0 Å². The number of aryl methyl sites for hydroxylation is 2. The summed E-state index contributed by atoms with van der Waals surface area (Å²) in [5, 5.41) is -0.204. The van der Waals surface area contributed by atoms with Crippen molar-refractivity contribution in [3.63, 3.8) is 0 Å². The second-order valence-electron chi connectivity index (χ2n) is 3.05. The Labute approximate surface area is 129 Å². The van der Waals surface area contributed by atoms with E-state index in [1.165, 1.54) is 19.1 Å². The molecule has 0 aliphatic rings. The van der Waals surface area contributed by atoms with Crippen molar-refractivity contribution >= 4 is 24.0 Å². The van der Waals surface area contributed by atoms with Gasteiger partial charge in [-0.05, 0) is 25.5 Å². The molecule has 0 saturated carbocycles. The molecule has 0 fully saturated rings. The third-order valence-electron chi connectivity index (χ3n) is 1.81. The number of rotatable bonds is 1. The molecule has 0 aliphatic carbocycles. The van der Waals surface area contributed by atoms with Crippen LogP contribution in [0.3, 0.4) is 0 Å². The van der Waals surface area contributed by atoms with Crippen LogP contribution in [0, 0.1) is 13.8 Å². The van der Waals surface area contributed by atoms with Crippen molar-refractivity contribution in [3.05, 3.63) is 28.3 Å². The molecule has 0 spiro atoms. The summed E-state index contributed by atoms with van der Waals surface area (Å²) in [6, 6.07) is 2.82. The van der Waals surface area contributed by atoms with Crippen LogP contribution in [0.15, 0.2) is 12.1 Å². The summed E-state index contributed by atoms with van der Waals surface area (Å²) in [6.45, 7) is -1.87. The first-order chi connectivity index (χ1) is 5.82. The predicted octanol–water partition coefficient (Wildman–Crippen LogP) is 0.0152. The van der Waals surface area contributed by atoms with Gasteiger partial charge in [-0.2, -0.15) is 0 Å². The van der Waals surface area contributed by atoms with Crippen LogP contribution in [0.5, 0.6) is 0 Å². The molecule has 1 aromatic rings. The van der Waals surface area contributed by atoms with Gasteiger partial charge in [-0.25, -0.2) is 0 Å². The van der Waals surface area contributed by atoms with Gasteiger partial charge in [0.2, 0.25) is 0 Å². The van der Waals surface area contributed by atoms with Crippen molar-refractivity contribution in [1.29, 1.82) is 0 Å². The molecule has 0 nitrogen and oxygen atoms in total. The number of hydrogen-bond donors (Lipinski definition) is 0. The first kappa shape index (κ1) is 15.0. The zero-order valence-electron chi connectivity index (χ0n) is 8.24. The van der Waals surface area contributed by atoms with Gasteiger partial charge in [-0.15, -0.1) is 0 Å². The normalized spacial score (nSPS) is 11.0. The Hall–Kier alpha value is 1.00. The van der Waals surface area contributed by atoms with Gasteiger partial charge in [-0.3, -0.25) is 0 Å². The standard InChI is InChI=1S/C8H8BClF3.K/c1-5-3-6(2)8(7(10)4-5)9(11,12)13;/h3-4H,1-2H3;/q-1;+1. The predicted molar refractivity (Wildman–Crippen MR) is 49.6 cm³/mol. The molecular weight excluding hydrogens is 238 g/mol. The molecule has 0 aliphatic heterocycles. The molecule has 0 atom stereocenters. The average Bonchev–Trinajstić information content (AvgIpc) is 1.78. The first-order valence-electron chi connectivity index (χ1n) is 3.79. The summed E-state index contributed by atoms with van der Waals surface area (Å²) in [4.78, 5) is 0. The SMILES string of the molecule is Cc1cc(C)c([B-](F)(F)F)c(Cl)c1.[K+]. The summed E-state index contributed by atoms with van der Waals surface area (Å²) >= 11 is 5.52. The van der Waals surface area contributed by atoms with E-state index < -0.39 is 12.4 Å². The summed E-state index contributed by atoms with van der Waals surface area (Å²) in [6.07, 6.45) is 0. The van der Waals surface area contributed by atoms with Gasteiger partial charge < -0.3 is 12.9 Å². The van der Waals surface area contributed by atoms with Crippen LogP contribution < -0.4 is 56.8 Å². The molecule has 6 heteroatoms. The maximum atomic E-state index is 12.4. The average molecular weight is 247 g/mol. The fraction of sp³-hybridized carbons (Fsp3) is 0.250. The van der Waals surface area contributed by atoms with E-state index in [2.05, 4.69) is 0 Å². The van der Waals surface area contributed by atoms with Crippen molar-refractivity contribution in [3.8, 4) is 0 Å². The van der Waals surface area contributed by atoms with Crippen LogP contribution in [0.4, 0.5) is 12.9 Å². The smallest absolute Gasteiger partial charge is 0.445 e. The molecule has 0 aromatic heterocycles. The van der Waals surface area contributed by atoms with E-state index in [0.717, 1.165) is 5.56 Å². The number of benzene rings is 1.